The van der Waals surface area contributed by atoms with Crippen molar-refractivity contribution in [2.45, 2.75) is 20.8 Å². The van der Waals surface area contributed by atoms with Gasteiger partial charge in [-0.25, -0.2) is 4.98 Å². The van der Waals surface area contributed by atoms with E-state index in [-0.39, 0.29) is 20.0 Å². The van der Waals surface area contributed by atoms with E-state index < -0.39 is 0 Å². The van der Waals surface area contributed by atoms with E-state index in [0.717, 1.165) is 16.6 Å². The Morgan fingerprint density at radius 1 is 1.44 bits per heavy atom. The van der Waals surface area contributed by atoms with E-state index in [1.165, 1.54) is 5.56 Å². The topological polar surface area (TPSA) is 45.8 Å². The summed E-state index contributed by atoms with van der Waals surface area (Å²) in [7, 11) is 0.133. The van der Waals surface area contributed by atoms with E-state index in [4.69, 9.17) is 0 Å². The average Bonchev–Trinajstić information content (AvgIpc) is 2.58. The molecule has 0 aliphatic rings. The Balaban J connectivity index is 2.29. The van der Waals surface area contributed by atoms with Gasteiger partial charge in [0.15, 0.2) is 5.52 Å². The van der Waals surface area contributed by atoms with Crippen LogP contribution in [0, 0.1) is 12.8 Å². The molecule has 1 atom stereocenters. The van der Waals surface area contributed by atoms with Crippen LogP contribution in [-0.4, -0.2) is 15.5 Å². The first-order valence-electron chi connectivity index (χ1n) is 5.33. The molecule has 84 valence electrons. The lowest BCUT2D eigenvalue weighted by atomic mass is 10.2. The summed E-state index contributed by atoms with van der Waals surface area (Å²) >= 11 is 0. The van der Waals surface area contributed by atoms with Crippen LogP contribution in [0.3, 0.4) is 0 Å². The van der Waals surface area contributed by atoms with Crippen LogP contribution in [0.25, 0.3) is 11.0 Å². The molecule has 3 nitrogen and oxygen atoms in total. The van der Waals surface area contributed by atoms with Crippen LogP contribution < -0.4 is 5.57 Å². The Morgan fingerprint density at radius 2 is 2.19 bits per heavy atom. The molecule has 1 heterocycles. The molecule has 0 spiro atoms. The van der Waals surface area contributed by atoms with Crippen molar-refractivity contribution in [3.63, 3.8) is 0 Å². The Morgan fingerprint density at radius 3 is 2.88 bits per heavy atom. The van der Waals surface area contributed by atoms with E-state index >= 15 is 0 Å². The minimum Gasteiger partial charge on any atom is -0.338 e. The Bertz CT molecular complexity index is 531. The highest BCUT2D eigenvalue weighted by atomic mass is 31.1. The lowest BCUT2D eigenvalue weighted by Crippen LogP contribution is -2.08. The SMILES string of the molecule is Cc1ccc2nc(PC(=O)C(C)C)[nH]c2c1. The van der Waals surface area contributed by atoms with Gasteiger partial charge in [0.05, 0.1) is 11.0 Å². The van der Waals surface area contributed by atoms with Crippen LogP contribution in [0.2, 0.25) is 0 Å². The Labute approximate surface area is 96.4 Å². The smallest absolute Gasteiger partial charge is 0.161 e. The number of H-pyrrole nitrogens is 1. The Kier molecular flexibility index (Phi) is 3.06. The number of hydrogen-bond donors (Lipinski definition) is 1. The maximum atomic E-state index is 11.6. The highest BCUT2D eigenvalue weighted by Gasteiger charge is 2.11. The summed E-state index contributed by atoms with van der Waals surface area (Å²) in [4.78, 5) is 19.2. The minimum absolute atomic E-state index is 0.0771. The second-order valence-corrected chi connectivity index (χ2v) is 5.47. The monoisotopic (exact) mass is 234 g/mol. The predicted molar refractivity (Wildman–Crippen MR) is 68.6 cm³/mol. The van der Waals surface area contributed by atoms with Crippen molar-refractivity contribution in [1.82, 2.24) is 9.97 Å². The number of aryl methyl sites for hydroxylation is 1. The van der Waals surface area contributed by atoms with Gasteiger partial charge in [0.2, 0.25) is 0 Å². The van der Waals surface area contributed by atoms with E-state index in [0.29, 0.717) is 0 Å². The molecule has 1 aromatic carbocycles. The molecule has 1 N–H and O–H groups in total. The zero-order valence-corrected chi connectivity index (χ0v) is 10.7. The van der Waals surface area contributed by atoms with Crippen molar-refractivity contribution >= 4 is 30.7 Å². The molecule has 0 amide bonds. The number of carbonyl (C=O) groups excluding carboxylic acids is 1. The van der Waals surface area contributed by atoms with Gasteiger partial charge >= 0.3 is 0 Å². The molecule has 0 radical (unpaired) electrons. The van der Waals surface area contributed by atoms with E-state index in [1.54, 1.807) is 0 Å². The molecular weight excluding hydrogens is 219 g/mol. The van der Waals surface area contributed by atoms with Gasteiger partial charge in [-0.05, 0) is 24.6 Å². The van der Waals surface area contributed by atoms with Crippen molar-refractivity contribution < 1.29 is 4.79 Å². The van der Waals surface area contributed by atoms with Crippen LogP contribution >= 0.6 is 8.58 Å². The summed E-state index contributed by atoms with van der Waals surface area (Å²) in [6.07, 6.45) is 0. The highest BCUT2D eigenvalue weighted by Crippen LogP contribution is 2.18. The van der Waals surface area contributed by atoms with Gasteiger partial charge < -0.3 is 4.98 Å². The fourth-order valence-electron chi connectivity index (χ4n) is 1.44. The quantitative estimate of drug-likeness (QED) is 0.828. The van der Waals surface area contributed by atoms with Gasteiger partial charge in [-0.15, -0.1) is 0 Å². The van der Waals surface area contributed by atoms with Gasteiger partial charge in [0, 0.05) is 14.5 Å². The summed E-state index contributed by atoms with van der Waals surface area (Å²) in [5.74, 6) is 0.0771. The number of rotatable bonds is 3. The van der Waals surface area contributed by atoms with Crippen molar-refractivity contribution in [2.75, 3.05) is 0 Å². The number of hydrogen-bond acceptors (Lipinski definition) is 2. The molecule has 0 aliphatic heterocycles. The molecule has 0 saturated carbocycles. The molecule has 4 heteroatoms. The molecular formula is C12H15N2OP. The maximum Gasteiger partial charge on any atom is 0.161 e. The van der Waals surface area contributed by atoms with Crippen molar-refractivity contribution in [3.8, 4) is 0 Å². The Hall–Kier alpha value is -1.21. The fourth-order valence-corrected chi connectivity index (χ4v) is 2.34. The van der Waals surface area contributed by atoms with E-state index in [1.807, 2.05) is 32.9 Å². The summed E-state index contributed by atoms with van der Waals surface area (Å²) in [6, 6.07) is 6.06. The summed E-state index contributed by atoms with van der Waals surface area (Å²) in [5, 5.41) is 0. The summed E-state index contributed by atoms with van der Waals surface area (Å²) in [6.45, 7) is 5.88. The molecule has 2 aromatic rings. The van der Waals surface area contributed by atoms with Crippen LogP contribution in [0.1, 0.15) is 19.4 Å². The van der Waals surface area contributed by atoms with Gasteiger partial charge in [-0.1, -0.05) is 19.9 Å². The first kappa shape index (κ1) is 11.3. The van der Waals surface area contributed by atoms with Crippen molar-refractivity contribution in [3.05, 3.63) is 23.8 Å². The van der Waals surface area contributed by atoms with Crippen LogP contribution in [0.5, 0.6) is 0 Å². The number of benzene rings is 1. The molecule has 1 aromatic heterocycles. The fraction of sp³-hybridized carbons (Fsp3) is 0.333. The van der Waals surface area contributed by atoms with Gasteiger partial charge in [-0.2, -0.15) is 0 Å². The van der Waals surface area contributed by atoms with E-state index in [9.17, 15) is 4.79 Å². The molecule has 2 rings (SSSR count). The van der Waals surface area contributed by atoms with Crippen LogP contribution in [0.4, 0.5) is 0 Å². The second-order valence-electron chi connectivity index (χ2n) is 4.25. The normalized spacial score (nSPS) is 12.0. The highest BCUT2D eigenvalue weighted by molar-refractivity contribution is 7.64. The average molecular weight is 234 g/mol. The van der Waals surface area contributed by atoms with Crippen molar-refractivity contribution in [2.24, 2.45) is 5.92 Å². The second kappa shape index (κ2) is 4.34. The maximum absolute atomic E-state index is 11.6. The number of fused-ring (bicyclic) bond motifs is 1. The number of carbonyl (C=O) groups is 1. The summed E-state index contributed by atoms with van der Waals surface area (Å²) in [5.41, 5.74) is 4.18. The third kappa shape index (κ3) is 2.30. The lowest BCUT2D eigenvalue weighted by molar-refractivity contribution is -0.113. The zero-order chi connectivity index (χ0) is 11.7. The van der Waals surface area contributed by atoms with Crippen molar-refractivity contribution in [1.29, 1.82) is 0 Å². The first-order valence-corrected chi connectivity index (χ1v) is 6.33. The molecule has 0 aliphatic carbocycles. The number of nitrogens with zero attached hydrogens (tertiary/aromatic N) is 1. The molecule has 0 fully saturated rings. The van der Waals surface area contributed by atoms with Gasteiger partial charge in [-0.3, -0.25) is 4.79 Å². The largest absolute Gasteiger partial charge is 0.338 e. The summed E-state index contributed by atoms with van der Waals surface area (Å²) < 4.78 is 0. The van der Waals surface area contributed by atoms with Gasteiger partial charge in [0.1, 0.15) is 5.57 Å². The lowest BCUT2D eigenvalue weighted by Gasteiger charge is -1.99. The molecule has 0 bridgehead atoms. The third-order valence-electron chi connectivity index (χ3n) is 2.40. The van der Waals surface area contributed by atoms with Gasteiger partial charge in [0.25, 0.3) is 0 Å². The van der Waals surface area contributed by atoms with Crippen LogP contribution in [-0.2, 0) is 4.79 Å². The number of imidazole rings is 1. The molecule has 16 heavy (non-hydrogen) atoms. The van der Waals surface area contributed by atoms with E-state index in [2.05, 4.69) is 16.0 Å². The minimum atomic E-state index is 0.0771. The molecule has 0 saturated heterocycles. The van der Waals surface area contributed by atoms with Crippen LogP contribution in [0.15, 0.2) is 18.2 Å². The predicted octanol–water partition coefficient (Wildman–Crippen LogP) is 2.36. The third-order valence-corrected chi connectivity index (χ3v) is 3.70. The standard InChI is InChI=1S/C12H15N2OP/c1-7(2)11(15)16-12-13-9-5-4-8(3)6-10(9)14-12/h4-7,16H,1-3H3,(H,13,14). The number of nitrogens with one attached hydrogen (secondary N) is 1. The number of aromatic nitrogens is 2. The molecule has 1 unspecified atom stereocenters. The first-order chi connectivity index (χ1) is 7.56. The zero-order valence-electron chi connectivity index (χ0n) is 9.66. The number of aromatic amines is 1.